The summed E-state index contributed by atoms with van der Waals surface area (Å²) in [6.07, 6.45) is -0.672. The molecule has 0 aliphatic heterocycles. The number of ketones is 1. The van der Waals surface area contributed by atoms with Gasteiger partial charge in [0.25, 0.3) is 5.91 Å². The highest BCUT2D eigenvalue weighted by Crippen LogP contribution is 2.12. The van der Waals surface area contributed by atoms with Crippen LogP contribution in [0.15, 0.2) is 18.2 Å². The van der Waals surface area contributed by atoms with E-state index in [4.69, 9.17) is 4.84 Å². The number of ether oxygens (including phenoxy) is 1. The first-order valence-corrected chi connectivity index (χ1v) is 6.09. The standard InChI is InChI=1S/C14H16FNO5/c1-9-4-5-10(6-11(9)15)8-16(21-3)13(18)7-12(17)14(19)20-2/h4-6H,7-8H2,1-3H3. The van der Waals surface area contributed by atoms with Gasteiger partial charge in [0, 0.05) is 0 Å². The van der Waals surface area contributed by atoms with E-state index in [1.54, 1.807) is 19.1 Å². The monoisotopic (exact) mass is 297 g/mol. The Bertz CT molecular complexity index is 558. The van der Waals surface area contributed by atoms with Gasteiger partial charge in [-0.2, -0.15) is 0 Å². The zero-order valence-corrected chi connectivity index (χ0v) is 12.0. The summed E-state index contributed by atoms with van der Waals surface area (Å²) < 4.78 is 17.7. The number of halogens is 1. The molecule has 0 aliphatic carbocycles. The highest BCUT2D eigenvalue weighted by molar-refractivity contribution is 6.36. The van der Waals surface area contributed by atoms with Crippen LogP contribution in [0.5, 0.6) is 0 Å². The largest absolute Gasteiger partial charge is 0.463 e. The molecular formula is C14H16FNO5. The van der Waals surface area contributed by atoms with Gasteiger partial charge in [-0.15, -0.1) is 0 Å². The number of hydroxylamine groups is 2. The molecule has 0 saturated carbocycles. The van der Waals surface area contributed by atoms with Crippen LogP contribution in [0.25, 0.3) is 0 Å². The van der Waals surface area contributed by atoms with Crippen LogP contribution < -0.4 is 0 Å². The summed E-state index contributed by atoms with van der Waals surface area (Å²) in [7, 11) is 2.29. The lowest BCUT2D eigenvalue weighted by Gasteiger charge is -2.19. The molecule has 114 valence electrons. The van der Waals surface area contributed by atoms with Crippen molar-refractivity contribution in [2.45, 2.75) is 19.9 Å². The number of carbonyl (C=O) groups is 3. The molecule has 0 fully saturated rings. The van der Waals surface area contributed by atoms with Crippen LogP contribution in [-0.4, -0.2) is 36.9 Å². The van der Waals surface area contributed by atoms with E-state index in [0.29, 0.717) is 11.1 Å². The fourth-order valence-corrected chi connectivity index (χ4v) is 1.57. The van der Waals surface area contributed by atoms with Crippen molar-refractivity contribution in [2.75, 3.05) is 14.2 Å². The minimum Gasteiger partial charge on any atom is -0.463 e. The molecule has 0 aliphatic rings. The van der Waals surface area contributed by atoms with Gasteiger partial charge in [0.05, 0.1) is 27.2 Å². The molecule has 0 N–H and O–H groups in total. The summed E-state index contributed by atoms with van der Waals surface area (Å²) in [4.78, 5) is 39.0. The summed E-state index contributed by atoms with van der Waals surface area (Å²) in [5, 5.41) is 0.880. The summed E-state index contributed by atoms with van der Waals surface area (Å²) >= 11 is 0. The van der Waals surface area contributed by atoms with Gasteiger partial charge in [0.2, 0.25) is 5.78 Å². The maximum absolute atomic E-state index is 13.4. The molecule has 0 spiro atoms. The summed E-state index contributed by atoms with van der Waals surface area (Å²) in [6.45, 7) is 1.58. The Labute approximate surface area is 121 Å². The molecule has 0 saturated heterocycles. The molecule has 6 nitrogen and oxygen atoms in total. The molecule has 0 atom stereocenters. The molecule has 0 radical (unpaired) electrons. The Balaban J connectivity index is 2.73. The fraction of sp³-hybridized carbons (Fsp3) is 0.357. The SMILES string of the molecule is COC(=O)C(=O)CC(=O)N(Cc1ccc(C)c(F)c1)OC. The van der Waals surface area contributed by atoms with Crippen molar-refractivity contribution >= 4 is 17.7 Å². The first kappa shape index (κ1) is 16.8. The van der Waals surface area contributed by atoms with E-state index in [-0.39, 0.29) is 6.54 Å². The van der Waals surface area contributed by atoms with Crippen LogP contribution in [0.4, 0.5) is 4.39 Å². The fourth-order valence-electron chi connectivity index (χ4n) is 1.57. The van der Waals surface area contributed by atoms with Gasteiger partial charge >= 0.3 is 5.97 Å². The van der Waals surface area contributed by atoms with Crippen LogP contribution in [0.3, 0.4) is 0 Å². The van der Waals surface area contributed by atoms with Crippen LogP contribution in [0, 0.1) is 12.7 Å². The summed E-state index contributed by atoms with van der Waals surface area (Å²) in [5.41, 5.74) is 0.980. The van der Waals surface area contributed by atoms with E-state index in [9.17, 15) is 18.8 Å². The van der Waals surface area contributed by atoms with Crippen molar-refractivity contribution in [1.29, 1.82) is 0 Å². The number of aryl methyl sites for hydroxylation is 1. The second-order valence-electron chi connectivity index (χ2n) is 4.29. The predicted molar refractivity (Wildman–Crippen MR) is 70.3 cm³/mol. The number of rotatable bonds is 6. The average Bonchev–Trinajstić information content (AvgIpc) is 2.47. The Morgan fingerprint density at radius 2 is 1.90 bits per heavy atom. The van der Waals surface area contributed by atoms with E-state index in [0.717, 1.165) is 12.2 Å². The van der Waals surface area contributed by atoms with Crippen molar-refractivity contribution in [2.24, 2.45) is 0 Å². The zero-order valence-electron chi connectivity index (χ0n) is 12.0. The van der Waals surface area contributed by atoms with Gasteiger partial charge in [-0.25, -0.2) is 14.2 Å². The minimum absolute atomic E-state index is 0.0407. The van der Waals surface area contributed by atoms with E-state index in [2.05, 4.69) is 4.74 Å². The summed E-state index contributed by atoms with van der Waals surface area (Å²) in [5.74, 6) is -3.18. The van der Waals surface area contributed by atoms with Gasteiger partial charge in [0.15, 0.2) is 0 Å². The van der Waals surface area contributed by atoms with E-state index in [1.165, 1.54) is 13.2 Å². The first-order valence-electron chi connectivity index (χ1n) is 6.09. The molecule has 0 bridgehead atoms. The summed E-state index contributed by atoms with van der Waals surface area (Å²) in [6, 6.07) is 4.49. The van der Waals surface area contributed by atoms with Crippen molar-refractivity contribution in [1.82, 2.24) is 5.06 Å². The second kappa shape index (κ2) is 7.49. The lowest BCUT2D eigenvalue weighted by Crippen LogP contribution is -2.33. The lowest BCUT2D eigenvalue weighted by molar-refractivity contribution is -0.180. The number of methoxy groups -OCH3 is 1. The number of Topliss-reactive ketones (excluding diaryl/α,β-unsaturated/α-hetero) is 1. The van der Waals surface area contributed by atoms with Gasteiger partial charge in [-0.1, -0.05) is 12.1 Å². The van der Waals surface area contributed by atoms with Crippen LogP contribution in [0.1, 0.15) is 17.5 Å². The quantitative estimate of drug-likeness (QED) is 0.341. The molecule has 1 aromatic rings. The number of amides is 1. The minimum atomic E-state index is -1.10. The van der Waals surface area contributed by atoms with Crippen molar-refractivity contribution in [3.63, 3.8) is 0 Å². The van der Waals surface area contributed by atoms with Crippen LogP contribution in [0.2, 0.25) is 0 Å². The van der Waals surface area contributed by atoms with E-state index >= 15 is 0 Å². The maximum atomic E-state index is 13.4. The predicted octanol–water partition coefficient (Wildman–Crippen LogP) is 1.16. The lowest BCUT2D eigenvalue weighted by atomic mass is 10.1. The van der Waals surface area contributed by atoms with Crippen molar-refractivity contribution in [3.8, 4) is 0 Å². The van der Waals surface area contributed by atoms with Gasteiger partial charge in [-0.3, -0.25) is 14.4 Å². The third-order valence-electron chi connectivity index (χ3n) is 2.79. The number of carbonyl (C=O) groups excluding carboxylic acids is 3. The highest BCUT2D eigenvalue weighted by Gasteiger charge is 2.23. The number of hydrogen-bond acceptors (Lipinski definition) is 5. The molecule has 1 rings (SSSR count). The Kier molecular flexibility index (Phi) is 5.98. The molecule has 0 aromatic heterocycles. The number of hydrogen-bond donors (Lipinski definition) is 0. The van der Waals surface area contributed by atoms with Gasteiger partial charge < -0.3 is 4.74 Å². The Morgan fingerprint density at radius 1 is 1.24 bits per heavy atom. The molecule has 21 heavy (non-hydrogen) atoms. The molecule has 1 aromatic carbocycles. The van der Waals surface area contributed by atoms with Crippen LogP contribution in [-0.2, 0) is 30.5 Å². The molecule has 0 unspecified atom stereocenters. The van der Waals surface area contributed by atoms with Crippen molar-refractivity contribution in [3.05, 3.63) is 35.1 Å². The van der Waals surface area contributed by atoms with E-state index < -0.39 is 29.9 Å². The third-order valence-corrected chi connectivity index (χ3v) is 2.79. The second-order valence-corrected chi connectivity index (χ2v) is 4.29. The third kappa shape index (κ3) is 4.64. The van der Waals surface area contributed by atoms with Gasteiger partial charge in [0.1, 0.15) is 5.82 Å². The molecular weight excluding hydrogens is 281 g/mol. The topological polar surface area (TPSA) is 72.9 Å². The smallest absolute Gasteiger partial charge is 0.374 e. The zero-order chi connectivity index (χ0) is 16.0. The number of nitrogens with zero attached hydrogens (tertiary/aromatic N) is 1. The molecule has 1 amide bonds. The Morgan fingerprint density at radius 3 is 2.43 bits per heavy atom. The van der Waals surface area contributed by atoms with Gasteiger partial charge in [-0.05, 0) is 24.1 Å². The first-order chi connectivity index (χ1) is 9.88. The number of benzene rings is 1. The van der Waals surface area contributed by atoms with Crippen LogP contribution >= 0.6 is 0 Å². The highest BCUT2D eigenvalue weighted by atomic mass is 19.1. The molecule has 7 heteroatoms. The maximum Gasteiger partial charge on any atom is 0.374 e. The number of esters is 1. The normalized spacial score (nSPS) is 10.1. The molecule has 0 heterocycles. The average molecular weight is 297 g/mol. The van der Waals surface area contributed by atoms with Crippen molar-refractivity contribution < 1.29 is 28.3 Å². The van der Waals surface area contributed by atoms with E-state index in [1.807, 2.05) is 0 Å². The Hall–Kier alpha value is -2.28.